The molecule has 0 N–H and O–H groups in total. The highest BCUT2D eigenvalue weighted by Crippen LogP contribution is 2.42. The molecule has 0 heterocycles. The predicted octanol–water partition coefficient (Wildman–Crippen LogP) is 2.48. The molecule has 112 valence electrons. The summed E-state index contributed by atoms with van der Waals surface area (Å²) >= 11 is 0. The molecular formula is C12H13F3O5. The number of methoxy groups -OCH3 is 3. The maximum absolute atomic E-state index is 13.0. The van der Waals surface area contributed by atoms with Crippen molar-refractivity contribution in [3.63, 3.8) is 0 Å². The Bertz CT molecular complexity index is 485. The van der Waals surface area contributed by atoms with Gasteiger partial charge in [-0.2, -0.15) is 13.2 Å². The molecule has 0 amide bonds. The first kappa shape index (κ1) is 16.1. The van der Waals surface area contributed by atoms with Gasteiger partial charge in [-0.05, 0) is 12.1 Å². The number of carbonyl (C=O) groups excluding carboxylic acids is 1. The molecule has 0 aliphatic carbocycles. The van der Waals surface area contributed by atoms with Gasteiger partial charge in [0.1, 0.15) is 5.56 Å². The molecule has 0 aromatic heterocycles. The van der Waals surface area contributed by atoms with Crippen molar-refractivity contribution >= 4 is 5.97 Å². The summed E-state index contributed by atoms with van der Waals surface area (Å²) in [7, 11) is 3.50. The molecule has 0 atom stereocenters. The number of hydrogen-bond acceptors (Lipinski definition) is 5. The predicted molar refractivity (Wildman–Crippen MR) is 61.8 cm³/mol. The molecule has 1 rings (SSSR count). The number of alkyl halides is 3. The van der Waals surface area contributed by atoms with Crippen LogP contribution in [0.3, 0.4) is 0 Å². The van der Waals surface area contributed by atoms with Crippen LogP contribution in [0.2, 0.25) is 0 Å². The summed E-state index contributed by atoms with van der Waals surface area (Å²) in [5, 5.41) is 0. The monoisotopic (exact) mass is 294 g/mol. The lowest BCUT2D eigenvalue weighted by Crippen LogP contribution is -2.13. The van der Waals surface area contributed by atoms with Gasteiger partial charge in [-0.25, -0.2) is 4.79 Å². The summed E-state index contributed by atoms with van der Waals surface area (Å²) in [6, 6.07) is 1.74. The second-order valence-electron chi connectivity index (χ2n) is 3.60. The molecular weight excluding hydrogens is 281 g/mol. The normalized spacial score (nSPS) is 11.1. The number of rotatable bonds is 5. The quantitative estimate of drug-likeness (QED) is 0.617. The Balaban J connectivity index is 3.43. The Labute approximate surface area is 113 Å². The van der Waals surface area contributed by atoms with Gasteiger partial charge in [-0.3, -0.25) is 0 Å². The lowest BCUT2D eigenvalue weighted by molar-refractivity contribution is -0.139. The highest BCUT2D eigenvalue weighted by molar-refractivity contribution is 5.90. The van der Waals surface area contributed by atoms with E-state index in [4.69, 9.17) is 9.47 Å². The molecule has 0 saturated heterocycles. The Morgan fingerprint density at radius 1 is 1.20 bits per heavy atom. The van der Waals surface area contributed by atoms with Crippen LogP contribution >= 0.6 is 0 Å². The van der Waals surface area contributed by atoms with Gasteiger partial charge in [0.05, 0.1) is 19.8 Å². The third kappa shape index (κ3) is 3.53. The number of benzene rings is 1. The highest BCUT2D eigenvalue weighted by Gasteiger charge is 2.37. The standard InChI is InChI=1S/C12H13F3O5/c1-17-6-20-10-8(12(13,14)15)4-7(11(16)19-3)5-9(10)18-2/h4-5H,6H2,1-3H3. The fourth-order valence-electron chi connectivity index (χ4n) is 1.47. The van der Waals surface area contributed by atoms with Crippen molar-refractivity contribution in [3.8, 4) is 11.5 Å². The van der Waals surface area contributed by atoms with E-state index in [2.05, 4.69) is 9.47 Å². The van der Waals surface area contributed by atoms with Gasteiger partial charge < -0.3 is 18.9 Å². The first-order valence-electron chi connectivity index (χ1n) is 5.34. The number of carbonyl (C=O) groups is 1. The lowest BCUT2D eigenvalue weighted by Gasteiger charge is -2.17. The van der Waals surface area contributed by atoms with Crippen LogP contribution in [-0.4, -0.2) is 34.1 Å². The van der Waals surface area contributed by atoms with Crippen molar-refractivity contribution in [3.05, 3.63) is 23.3 Å². The van der Waals surface area contributed by atoms with Crippen molar-refractivity contribution in [1.29, 1.82) is 0 Å². The van der Waals surface area contributed by atoms with E-state index in [1.165, 1.54) is 7.11 Å². The maximum Gasteiger partial charge on any atom is 0.420 e. The molecule has 0 aliphatic heterocycles. The summed E-state index contributed by atoms with van der Waals surface area (Å²) in [6.45, 7) is -0.392. The largest absolute Gasteiger partial charge is 0.493 e. The fourth-order valence-corrected chi connectivity index (χ4v) is 1.47. The van der Waals surface area contributed by atoms with Crippen LogP contribution in [0, 0.1) is 0 Å². The van der Waals surface area contributed by atoms with Crippen LogP contribution < -0.4 is 9.47 Å². The molecule has 0 spiro atoms. The van der Waals surface area contributed by atoms with Crippen LogP contribution in [0.1, 0.15) is 15.9 Å². The van der Waals surface area contributed by atoms with Crippen LogP contribution in [0.4, 0.5) is 13.2 Å². The van der Waals surface area contributed by atoms with Crippen molar-refractivity contribution in [2.75, 3.05) is 28.1 Å². The molecule has 20 heavy (non-hydrogen) atoms. The molecule has 0 unspecified atom stereocenters. The number of hydrogen-bond donors (Lipinski definition) is 0. The summed E-state index contributed by atoms with van der Waals surface area (Å²) in [4.78, 5) is 11.4. The Hall–Kier alpha value is -1.96. The molecule has 1 aromatic rings. The molecule has 0 fully saturated rings. The summed E-state index contributed by atoms with van der Waals surface area (Å²) in [5.41, 5.74) is -1.43. The summed E-state index contributed by atoms with van der Waals surface area (Å²) < 4.78 is 57.7. The fraction of sp³-hybridized carbons (Fsp3) is 0.417. The van der Waals surface area contributed by atoms with Crippen LogP contribution in [0.5, 0.6) is 11.5 Å². The Kier molecular flexibility index (Phi) is 5.20. The second kappa shape index (κ2) is 6.47. The average molecular weight is 294 g/mol. The van der Waals surface area contributed by atoms with E-state index in [-0.39, 0.29) is 11.3 Å². The lowest BCUT2D eigenvalue weighted by atomic mass is 10.1. The zero-order chi connectivity index (χ0) is 15.3. The van der Waals surface area contributed by atoms with Crippen LogP contribution in [0.25, 0.3) is 0 Å². The molecule has 0 bridgehead atoms. The third-order valence-corrected chi connectivity index (χ3v) is 2.32. The maximum atomic E-state index is 13.0. The van der Waals surface area contributed by atoms with Gasteiger partial charge in [-0.1, -0.05) is 0 Å². The summed E-state index contributed by atoms with van der Waals surface area (Å²) in [5.74, 6) is -1.70. The SMILES string of the molecule is COCOc1c(OC)cc(C(=O)OC)cc1C(F)(F)F. The van der Waals surface area contributed by atoms with Crippen LogP contribution in [0.15, 0.2) is 12.1 Å². The van der Waals surface area contributed by atoms with E-state index in [0.29, 0.717) is 6.07 Å². The Morgan fingerprint density at radius 3 is 2.30 bits per heavy atom. The molecule has 0 radical (unpaired) electrons. The minimum absolute atomic E-state index is 0.239. The topological polar surface area (TPSA) is 54.0 Å². The molecule has 5 nitrogen and oxygen atoms in total. The number of halogens is 3. The van der Waals surface area contributed by atoms with E-state index in [9.17, 15) is 18.0 Å². The Morgan fingerprint density at radius 2 is 1.85 bits per heavy atom. The zero-order valence-electron chi connectivity index (χ0n) is 11.0. The average Bonchev–Trinajstić information content (AvgIpc) is 2.42. The third-order valence-electron chi connectivity index (χ3n) is 2.32. The second-order valence-corrected chi connectivity index (χ2v) is 3.60. The van der Waals surface area contributed by atoms with Crippen molar-refractivity contribution < 1.29 is 36.9 Å². The van der Waals surface area contributed by atoms with Crippen LogP contribution in [-0.2, 0) is 15.7 Å². The van der Waals surface area contributed by atoms with E-state index in [1.54, 1.807) is 0 Å². The van der Waals surface area contributed by atoms with Gasteiger partial charge in [0.25, 0.3) is 0 Å². The molecule has 0 aliphatic rings. The molecule has 8 heteroatoms. The van der Waals surface area contributed by atoms with E-state index in [0.717, 1.165) is 20.3 Å². The zero-order valence-corrected chi connectivity index (χ0v) is 11.0. The number of ether oxygens (including phenoxy) is 4. The van der Waals surface area contributed by atoms with E-state index < -0.39 is 30.3 Å². The van der Waals surface area contributed by atoms with Gasteiger partial charge in [0.2, 0.25) is 0 Å². The van der Waals surface area contributed by atoms with E-state index >= 15 is 0 Å². The number of esters is 1. The van der Waals surface area contributed by atoms with Crippen molar-refractivity contribution in [2.24, 2.45) is 0 Å². The van der Waals surface area contributed by atoms with Crippen molar-refractivity contribution in [1.82, 2.24) is 0 Å². The van der Waals surface area contributed by atoms with Gasteiger partial charge in [0.15, 0.2) is 18.3 Å². The smallest absolute Gasteiger partial charge is 0.420 e. The molecule has 0 saturated carbocycles. The minimum atomic E-state index is -4.72. The summed E-state index contributed by atoms with van der Waals surface area (Å²) in [6.07, 6.45) is -4.72. The van der Waals surface area contributed by atoms with Gasteiger partial charge in [-0.15, -0.1) is 0 Å². The first-order chi connectivity index (χ1) is 9.35. The van der Waals surface area contributed by atoms with E-state index in [1.807, 2.05) is 0 Å². The van der Waals surface area contributed by atoms with Gasteiger partial charge in [0, 0.05) is 7.11 Å². The minimum Gasteiger partial charge on any atom is -0.493 e. The first-order valence-corrected chi connectivity index (χ1v) is 5.34. The van der Waals surface area contributed by atoms with Gasteiger partial charge >= 0.3 is 12.1 Å². The van der Waals surface area contributed by atoms with Crippen molar-refractivity contribution in [2.45, 2.75) is 6.18 Å². The highest BCUT2D eigenvalue weighted by atomic mass is 19.4. The molecule has 1 aromatic carbocycles.